The van der Waals surface area contributed by atoms with Crippen molar-refractivity contribution < 1.29 is 9.47 Å². The van der Waals surface area contributed by atoms with Crippen LogP contribution in [0.15, 0.2) is 42.7 Å². The van der Waals surface area contributed by atoms with Crippen LogP contribution in [0.3, 0.4) is 0 Å². The van der Waals surface area contributed by atoms with E-state index in [-0.39, 0.29) is 6.04 Å². The van der Waals surface area contributed by atoms with Gasteiger partial charge in [-0.3, -0.25) is 14.8 Å². The maximum Gasteiger partial charge on any atom is 0.231 e. The molecule has 3 aromatic rings. The second-order valence-electron chi connectivity index (χ2n) is 9.11. The van der Waals surface area contributed by atoms with E-state index >= 15 is 0 Å². The van der Waals surface area contributed by atoms with Gasteiger partial charge in [-0.2, -0.15) is 0 Å². The van der Waals surface area contributed by atoms with Crippen LogP contribution in [0.5, 0.6) is 11.5 Å². The summed E-state index contributed by atoms with van der Waals surface area (Å²) in [5.41, 5.74) is 2.40. The fourth-order valence-corrected chi connectivity index (χ4v) is 5.33. The van der Waals surface area contributed by atoms with E-state index in [1.54, 1.807) is 0 Å². The minimum atomic E-state index is 0.0157. The quantitative estimate of drug-likeness (QED) is 0.571. The van der Waals surface area contributed by atoms with Crippen molar-refractivity contribution in [2.24, 2.45) is 0 Å². The first-order valence-electron chi connectivity index (χ1n) is 11.9. The van der Waals surface area contributed by atoms with E-state index in [2.05, 4.69) is 53.2 Å². The van der Waals surface area contributed by atoms with Crippen molar-refractivity contribution in [2.75, 3.05) is 33.0 Å². The average molecular weight is 448 g/mol. The molecule has 1 aliphatic carbocycles. The molecule has 172 valence electrons. The molecular formula is C24H29N7O2. The summed E-state index contributed by atoms with van der Waals surface area (Å²) in [4.78, 5) is 9.40. The molecule has 4 heterocycles. The highest BCUT2D eigenvalue weighted by molar-refractivity contribution is 5.44. The maximum atomic E-state index is 5.54. The number of aromatic nitrogens is 5. The number of ether oxygens (including phenoxy) is 2. The number of piperazine rings is 1. The van der Waals surface area contributed by atoms with Gasteiger partial charge in [-0.05, 0) is 52.6 Å². The first-order valence-corrected chi connectivity index (χ1v) is 11.9. The molecule has 2 fully saturated rings. The van der Waals surface area contributed by atoms with Gasteiger partial charge >= 0.3 is 0 Å². The van der Waals surface area contributed by atoms with Crippen LogP contribution >= 0.6 is 0 Å². The molecule has 2 aliphatic heterocycles. The Morgan fingerprint density at radius 1 is 1.00 bits per heavy atom. The molecular weight excluding hydrogens is 418 g/mol. The van der Waals surface area contributed by atoms with Crippen LogP contribution in [-0.4, -0.2) is 68.0 Å². The van der Waals surface area contributed by atoms with Gasteiger partial charge in [-0.25, -0.2) is 4.68 Å². The van der Waals surface area contributed by atoms with Gasteiger partial charge in [-0.1, -0.05) is 25.0 Å². The Morgan fingerprint density at radius 2 is 1.85 bits per heavy atom. The normalized spacial score (nSPS) is 20.4. The zero-order valence-corrected chi connectivity index (χ0v) is 18.7. The van der Waals surface area contributed by atoms with E-state index in [4.69, 9.17) is 9.47 Å². The summed E-state index contributed by atoms with van der Waals surface area (Å²) in [6.07, 6.45) is 8.59. The Labute approximate surface area is 193 Å². The number of tetrazole rings is 1. The molecule has 9 heteroatoms. The first kappa shape index (κ1) is 20.6. The molecule has 1 atom stereocenters. The second-order valence-corrected chi connectivity index (χ2v) is 9.11. The predicted octanol–water partition coefficient (Wildman–Crippen LogP) is 2.82. The fourth-order valence-electron chi connectivity index (χ4n) is 5.33. The average Bonchev–Trinajstić information content (AvgIpc) is 3.63. The van der Waals surface area contributed by atoms with Gasteiger partial charge in [0, 0.05) is 45.1 Å². The van der Waals surface area contributed by atoms with Crippen molar-refractivity contribution in [1.82, 2.24) is 35.0 Å². The van der Waals surface area contributed by atoms with Crippen molar-refractivity contribution in [2.45, 2.75) is 44.3 Å². The minimum Gasteiger partial charge on any atom is -0.454 e. The summed E-state index contributed by atoms with van der Waals surface area (Å²) >= 11 is 0. The van der Waals surface area contributed by atoms with Gasteiger partial charge in [0.15, 0.2) is 17.3 Å². The van der Waals surface area contributed by atoms with Crippen LogP contribution in [0.2, 0.25) is 0 Å². The highest BCUT2D eigenvalue weighted by Crippen LogP contribution is 2.35. The molecule has 0 radical (unpaired) electrons. The van der Waals surface area contributed by atoms with Gasteiger partial charge in [0.25, 0.3) is 0 Å². The number of hydrogen-bond donors (Lipinski definition) is 0. The predicted molar refractivity (Wildman–Crippen MR) is 121 cm³/mol. The third kappa shape index (κ3) is 4.18. The van der Waals surface area contributed by atoms with Gasteiger partial charge in [0.2, 0.25) is 6.79 Å². The maximum absolute atomic E-state index is 5.54. The molecule has 1 saturated carbocycles. The van der Waals surface area contributed by atoms with Crippen molar-refractivity contribution in [3.05, 3.63) is 59.7 Å². The smallest absolute Gasteiger partial charge is 0.231 e. The Morgan fingerprint density at radius 3 is 2.67 bits per heavy atom. The zero-order chi connectivity index (χ0) is 22.0. The van der Waals surface area contributed by atoms with E-state index in [0.717, 1.165) is 68.5 Å². The monoisotopic (exact) mass is 447 g/mol. The van der Waals surface area contributed by atoms with E-state index in [9.17, 15) is 0 Å². The lowest BCUT2D eigenvalue weighted by molar-refractivity contribution is 0.0991. The summed E-state index contributed by atoms with van der Waals surface area (Å²) < 4.78 is 13.1. The molecule has 0 bridgehead atoms. The van der Waals surface area contributed by atoms with Gasteiger partial charge in [-0.15, -0.1) is 5.10 Å². The summed E-state index contributed by atoms with van der Waals surface area (Å²) in [7, 11) is 0. The Bertz CT molecular complexity index is 1080. The number of nitrogens with zero attached hydrogens (tertiary/aromatic N) is 7. The molecule has 33 heavy (non-hydrogen) atoms. The topological polar surface area (TPSA) is 81.4 Å². The van der Waals surface area contributed by atoms with Crippen LogP contribution in [-0.2, 0) is 6.54 Å². The number of fused-ring (bicyclic) bond motifs is 1. The molecule has 1 saturated heterocycles. The highest BCUT2D eigenvalue weighted by Gasteiger charge is 2.33. The molecule has 3 aliphatic rings. The lowest BCUT2D eigenvalue weighted by Crippen LogP contribution is -2.48. The van der Waals surface area contributed by atoms with E-state index in [1.165, 1.54) is 18.4 Å². The lowest BCUT2D eigenvalue weighted by Gasteiger charge is -2.39. The number of hydrogen-bond acceptors (Lipinski definition) is 8. The molecule has 0 unspecified atom stereocenters. The summed E-state index contributed by atoms with van der Waals surface area (Å²) in [5.74, 6) is 2.63. The van der Waals surface area contributed by atoms with Crippen LogP contribution in [0.4, 0.5) is 0 Å². The Hall–Kier alpha value is -3.04. The van der Waals surface area contributed by atoms with Crippen LogP contribution in [0.25, 0.3) is 0 Å². The van der Waals surface area contributed by atoms with Crippen LogP contribution in [0, 0.1) is 0 Å². The minimum absolute atomic E-state index is 0.0157. The molecule has 0 spiro atoms. The van der Waals surface area contributed by atoms with Crippen molar-refractivity contribution in [3.8, 4) is 11.5 Å². The molecule has 6 rings (SSSR count). The molecule has 0 N–H and O–H groups in total. The van der Waals surface area contributed by atoms with Gasteiger partial charge in [0.1, 0.15) is 0 Å². The van der Waals surface area contributed by atoms with Crippen molar-refractivity contribution in [1.29, 1.82) is 0 Å². The number of benzene rings is 1. The summed E-state index contributed by atoms with van der Waals surface area (Å²) in [6.45, 7) is 5.07. The van der Waals surface area contributed by atoms with Crippen molar-refractivity contribution in [3.63, 3.8) is 0 Å². The SMILES string of the molecule is c1cncc([C@@H](c2nnnn2C2CCCC2)N2CCN(Cc3ccc4c(c3)OCO4)CC2)c1. The van der Waals surface area contributed by atoms with E-state index in [0.29, 0.717) is 12.8 Å². The molecule has 1 aromatic carbocycles. The standard InChI is InChI=1S/C24H29N7O2/c1-2-6-20(5-1)31-24(26-27-28-31)23(19-4-3-9-25-15-19)30-12-10-29(11-13-30)16-18-7-8-21-22(14-18)33-17-32-21/h3-4,7-9,14-15,20,23H,1-2,5-6,10-13,16-17H2/t23-/m0/s1. The fraction of sp³-hybridized carbons (Fsp3) is 0.500. The lowest BCUT2D eigenvalue weighted by atomic mass is 10.0. The van der Waals surface area contributed by atoms with E-state index in [1.807, 2.05) is 24.5 Å². The second kappa shape index (κ2) is 9.07. The summed E-state index contributed by atoms with van der Waals surface area (Å²) in [6, 6.07) is 10.8. The zero-order valence-electron chi connectivity index (χ0n) is 18.7. The first-order chi connectivity index (χ1) is 16.3. The number of pyridine rings is 1. The molecule has 2 aromatic heterocycles. The van der Waals surface area contributed by atoms with Gasteiger partial charge in [0.05, 0.1) is 12.1 Å². The van der Waals surface area contributed by atoms with Crippen LogP contribution < -0.4 is 9.47 Å². The third-order valence-electron chi connectivity index (χ3n) is 7.05. The molecule has 0 amide bonds. The Balaban J connectivity index is 1.19. The highest BCUT2D eigenvalue weighted by atomic mass is 16.7. The third-order valence-corrected chi connectivity index (χ3v) is 7.05. The van der Waals surface area contributed by atoms with Gasteiger partial charge < -0.3 is 9.47 Å². The number of rotatable bonds is 6. The van der Waals surface area contributed by atoms with Crippen LogP contribution in [0.1, 0.15) is 54.7 Å². The van der Waals surface area contributed by atoms with E-state index < -0.39 is 0 Å². The Kier molecular flexibility index (Phi) is 5.65. The largest absolute Gasteiger partial charge is 0.454 e. The van der Waals surface area contributed by atoms with Crippen molar-refractivity contribution >= 4 is 0 Å². The molecule has 9 nitrogen and oxygen atoms in total. The summed E-state index contributed by atoms with van der Waals surface area (Å²) in [5, 5.41) is 13.0.